The van der Waals surface area contributed by atoms with Crippen molar-refractivity contribution >= 4 is 22.7 Å². The second-order valence-corrected chi connectivity index (χ2v) is 32.4. The first-order valence-electron chi connectivity index (χ1n) is 34.7. The van der Waals surface area contributed by atoms with Gasteiger partial charge in [0.25, 0.3) is 0 Å². The number of alkyl halides is 12. The average molecular weight is 1290 g/mol. The van der Waals surface area contributed by atoms with Crippen LogP contribution < -0.4 is 22.9 Å². The van der Waals surface area contributed by atoms with Crippen LogP contribution >= 0.6 is 0 Å². The summed E-state index contributed by atoms with van der Waals surface area (Å²) in [6, 6.07) is 4.80. The quantitative estimate of drug-likeness (QED) is 0.0774. The third-order valence-corrected chi connectivity index (χ3v) is 26.4. The maximum absolute atomic E-state index is 15.7. The predicted molar refractivity (Wildman–Crippen MR) is 334 cm³/mol. The van der Waals surface area contributed by atoms with Crippen molar-refractivity contribution < 1.29 is 62.2 Å². The number of rotatable bonds is 20. The minimum atomic E-state index is -5.85. The molecule has 0 heterocycles. The van der Waals surface area contributed by atoms with Gasteiger partial charge in [-0.05, 0) is 231 Å². The molecule has 6 nitrogen and oxygen atoms in total. The molecular weight excluding hydrogens is 1180 g/mol. The Morgan fingerprint density at radius 3 is 1.12 bits per heavy atom. The summed E-state index contributed by atoms with van der Waals surface area (Å²) in [4.78, 5) is 0. The van der Waals surface area contributed by atoms with Gasteiger partial charge in [0.15, 0.2) is 0 Å². The molecule has 512 valence electrons. The molecule has 0 saturated heterocycles. The summed E-state index contributed by atoms with van der Waals surface area (Å²) < 4.78 is 197. The van der Waals surface area contributed by atoms with Crippen LogP contribution in [-0.2, 0) is 21.3 Å². The predicted octanol–water partition coefficient (Wildman–Crippen LogP) is 21.4. The molecule has 10 rings (SSSR count). The molecule has 8 saturated carbocycles. The van der Waals surface area contributed by atoms with E-state index in [2.05, 4.69) is 55.4 Å². The van der Waals surface area contributed by atoms with Gasteiger partial charge in [-0.15, -0.1) is 0 Å². The van der Waals surface area contributed by atoms with Crippen LogP contribution in [0.15, 0.2) is 36.4 Å². The number of hydrogen-bond acceptors (Lipinski definition) is 6. The summed E-state index contributed by atoms with van der Waals surface area (Å²) in [5.41, 5.74) is 17.5. The molecule has 0 aromatic heterocycles. The van der Waals surface area contributed by atoms with Gasteiger partial charge >= 0.3 is 35.9 Å². The number of hydrogen-bond donors (Lipinski definition) is 4. The zero-order valence-corrected chi connectivity index (χ0v) is 55.3. The molecule has 2 aromatic carbocycles. The molecule has 8 aliphatic carbocycles. The van der Waals surface area contributed by atoms with Crippen LogP contribution in [0.1, 0.15) is 234 Å². The summed E-state index contributed by atoms with van der Waals surface area (Å²) in [5, 5.41) is 0. The number of nitrogens with two attached hydrogens (primary N) is 4. The molecule has 90 heavy (non-hydrogen) atoms. The van der Waals surface area contributed by atoms with Crippen molar-refractivity contribution in [3.63, 3.8) is 0 Å². The van der Waals surface area contributed by atoms with Crippen molar-refractivity contribution in [1.29, 1.82) is 0 Å². The van der Waals surface area contributed by atoms with Crippen molar-refractivity contribution in [2.45, 2.75) is 271 Å². The molecule has 0 amide bonds. The second-order valence-electron chi connectivity index (χ2n) is 32.4. The fourth-order valence-corrected chi connectivity index (χ4v) is 21.9. The Labute approximate surface area is 529 Å². The minimum absolute atomic E-state index is 0.0242. The van der Waals surface area contributed by atoms with Gasteiger partial charge in [0.2, 0.25) is 0 Å². The molecule has 0 bridgehead atoms. The second kappa shape index (κ2) is 25.7. The summed E-state index contributed by atoms with van der Waals surface area (Å²) in [6.07, 6.45) is 9.78. The zero-order chi connectivity index (χ0) is 66.3. The van der Waals surface area contributed by atoms with Gasteiger partial charge in [0, 0.05) is 22.7 Å². The fraction of sp³-hybridized carbons (Fsp3) is 0.833. The molecule has 8 fully saturated rings. The number of nitrogen functional groups attached to an aromatic ring is 4. The van der Waals surface area contributed by atoms with Crippen molar-refractivity contribution in [1.82, 2.24) is 0 Å². The highest BCUT2D eigenvalue weighted by Crippen LogP contribution is 2.72. The van der Waals surface area contributed by atoms with E-state index in [9.17, 15) is 0 Å². The fourth-order valence-electron chi connectivity index (χ4n) is 21.9. The van der Waals surface area contributed by atoms with Crippen LogP contribution in [0.2, 0.25) is 0 Å². The maximum Gasteiger partial charge on any atom is 0.426 e. The van der Waals surface area contributed by atoms with Crippen LogP contribution in [0, 0.1) is 105 Å². The number of ether oxygens (including phenoxy) is 2. The molecule has 0 aliphatic heterocycles. The number of anilines is 4. The van der Waals surface area contributed by atoms with E-state index >= 15 is 52.7 Å². The SMILES string of the molecule is CC(C)CCC[C@@H](C)[C@H]1C(OC(F)(F)C(F)(F)C(F)(F)c2ccc(N)cc2N)C[C@H]2[C@@H]3CCC4CCCC[C@]4(C)[C@H]3CC[C@]12C.CC(C)CCC[C@@H](C)[C@H]1C(OC(F)(F)C(F)(F)C(F)(F)c2ccc(N)cc2N)C[C@H]2[C@@H]3CCC4CCCC[C@]4(C)[C@H]3CC[C@]12C. The zero-order valence-electron chi connectivity index (χ0n) is 55.3. The number of fused-ring (bicyclic) bond motifs is 10. The lowest BCUT2D eigenvalue weighted by Gasteiger charge is -2.60. The maximum atomic E-state index is 15.7. The van der Waals surface area contributed by atoms with Gasteiger partial charge < -0.3 is 32.4 Å². The highest BCUT2D eigenvalue weighted by molar-refractivity contribution is 5.59. The summed E-state index contributed by atoms with van der Waals surface area (Å²) in [7, 11) is 0. The van der Waals surface area contributed by atoms with E-state index in [1.807, 2.05) is 13.8 Å². The largest absolute Gasteiger partial charge is 0.426 e. The molecule has 0 spiro atoms. The summed E-state index contributed by atoms with van der Waals surface area (Å²) in [6.45, 7) is 21.7. The van der Waals surface area contributed by atoms with Gasteiger partial charge in [-0.1, -0.05) is 133 Å². The highest BCUT2D eigenvalue weighted by Gasteiger charge is 2.77. The highest BCUT2D eigenvalue weighted by atomic mass is 19.4. The summed E-state index contributed by atoms with van der Waals surface area (Å²) in [5.74, 6) is -19.5. The molecule has 2 aromatic rings. The van der Waals surface area contributed by atoms with Gasteiger partial charge in [-0.2, -0.15) is 52.7 Å². The number of benzene rings is 2. The van der Waals surface area contributed by atoms with Gasteiger partial charge in [0.05, 0.1) is 23.3 Å². The topological polar surface area (TPSA) is 123 Å². The molecule has 4 unspecified atom stereocenters. The van der Waals surface area contributed by atoms with E-state index in [4.69, 9.17) is 32.4 Å². The molecule has 18 heteroatoms. The standard InChI is InChI=1S/2C36H54F6N2O/c2*1-21(2)9-8-10-22(3)31-30(45-36(41,42)35(39,40)34(37,38)27-15-13-24(43)19-29(27)44)20-28-25-14-12-23-11-6-7-17-32(23,4)26(25)16-18-33(28,31)5/h2*13,15,19,21-23,25-26,28,30-31H,6-12,14,16-18,20,43-44H2,1-5H3/t2*22-,23?,25-,26+,28+,30?,31+,32+,33+/m11/s1. The van der Waals surface area contributed by atoms with Crippen LogP contribution in [0.25, 0.3) is 0 Å². The lowest BCUT2D eigenvalue weighted by atomic mass is 9.44. The molecule has 0 radical (unpaired) electrons. The minimum Gasteiger partial charge on any atom is -0.399 e. The van der Waals surface area contributed by atoms with Gasteiger partial charge in [-0.25, -0.2) is 0 Å². The van der Waals surface area contributed by atoms with Gasteiger partial charge in [-0.3, -0.25) is 0 Å². The van der Waals surface area contributed by atoms with Crippen molar-refractivity contribution in [3.8, 4) is 0 Å². The van der Waals surface area contributed by atoms with E-state index in [0.29, 0.717) is 59.5 Å². The third kappa shape index (κ3) is 12.4. The van der Waals surface area contributed by atoms with Crippen LogP contribution in [-0.4, -0.2) is 36.3 Å². The van der Waals surface area contributed by atoms with E-state index in [1.165, 1.54) is 51.4 Å². The Morgan fingerprint density at radius 1 is 0.433 bits per heavy atom. The first kappa shape index (κ1) is 71.0. The van der Waals surface area contributed by atoms with Crippen LogP contribution in [0.3, 0.4) is 0 Å². The lowest BCUT2D eigenvalue weighted by molar-refractivity contribution is -0.415. The van der Waals surface area contributed by atoms with E-state index in [1.54, 1.807) is 0 Å². The Kier molecular flexibility index (Phi) is 20.3. The third-order valence-electron chi connectivity index (χ3n) is 26.4. The molecular formula is C72H108F12N4O2. The smallest absolute Gasteiger partial charge is 0.399 e. The van der Waals surface area contributed by atoms with Crippen LogP contribution in [0.4, 0.5) is 75.4 Å². The van der Waals surface area contributed by atoms with Crippen molar-refractivity contribution in [3.05, 3.63) is 47.5 Å². The first-order chi connectivity index (χ1) is 41.7. The van der Waals surface area contributed by atoms with E-state index in [0.717, 1.165) is 114 Å². The molecule has 8 N–H and O–H groups in total. The van der Waals surface area contributed by atoms with Crippen molar-refractivity contribution in [2.75, 3.05) is 22.9 Å². The molecule has 8 aliphatic rings. The van der Waals surface area contributed by atoms with E-state index < -0.39 is 93.3 Å². The lowest BCUT2D eigenvalue weighted by Crippen LogP contribution is -2.56. The van der Waals surface area contributed by atoms with E-state index in [-0.39, 0.29) is 58.7 Å². The van der Waals surface area contributed by atoms with Crippen LogP contribution in [0.5, 0.6) is 0 Å². The van der Waals surface area contributed by atoms with Crippen molar-refractivity contribution in [2.24, 2.45) is 105 Å². The Balaban J connectivity index is 0.000000213. The monoisotopic (exact) mass is 1290 g/mol. The number of halogens is 12. The first-order valence-corrected chi connectivity index (χ1v) is 34.7. The summed E-state index contributed by atoms with van der Waals surface area (Å²) >= 11 is 0. The Morgan fingerprint density at radius 2 is 0.789 bits per heavy atom. The average Bonchev–Trinajstić information content (AvgIpc) is 1.49. The van der Waals surface area contributed by atoms with Gasteiger partial charge in [0.1, 0.15) is 0 Å². The Hall–Kier alpha value is -3.28. The molecule has 18 atom stereocenters. The normalized spacial score (nSPS) is 36.4. The Bertz CT molecular complexity index is 2600.